The summed E-state index contributed by atoms with van der Waals surface area (Å²) in [5.41, 5.74) is 3.13. The van der Waals surface area contributed by atoms with Gasteiger partial charge in [-0.05, 0) is 42.2 Å². The molecule has 0 saturated carbocycles. The number of carbonyl (C=O) groups is 2. The molecule has 6 heteroatoms. The molecule has 2 aromatic rings. The Balaban J connectivity index is 1.36. The lowest BCUT2D eigenvalue weighted by molar-refractivity contribution is -0.118. The number of fused-ring (bicyclic) bond motifs is 1. The molecule has 0 aliphatic carbocycles. The summed E-state index contributed by atoms with van der Waals surface area (Å²) in [6, 6.07) is 15.5. The van der Waals surface area contributed by atoms with E-state index in [9.17, 15) is 9.59 Å². The van der Waals surface area contributed by atoms with E-state index in [1.54, 1.807) is 0 Å². The second kappa shape index (κ2) is 8.85. The van der Waals surface area contributed by atoms with E-state index in [1.807, 2.05) is 47.4 Å². The van der Waals surface area contributed by atoms with Crippen molar-refractivity contribution >= 4 is 33.6 Å². The Bertz CT molecular complexity index is 780. The molecule has 1 aliphatic heterocycles. The molecule has 0 bridgehead atoms. The topological polar surface area (TPSA) is 58.6 Å². The number of hydrogen-bond donors (Lipinski definition) is 1. The van der Waals surface area contributed by atoms with Gasteiger partial charge in [0.25, 0.3) is 0 Å². The monoisotopic (exact) mass is 416 g/mol. The van der Waals surface area contributed by atoms with Gasteiger partial charge < -0.3 is 15.0 Å². The molecule has 0 saturated heterocycles. The van der Waals surface area contributed by atoms with Gasteiger partial charge in [0, 0.05) is 29.7 Å². The van der Waals surface area contributed by atoms with Crippen molar-refractivity contribution in [3.63, 3.8) is 0 Å². The quantitative estimate of drug-likeness (QED) is 0.722. The van der Waals surface area contributed by atoms with Gasteiger partial charge in [0.05, 0.1) is 0 Å². The van der Waals surface area contributed by atoms with E-state index in [-0.39, 0.29) is 12.5 Å². The highest BCUT2D eigenvalue weighted by atomic mass is 79.9. The number of amides is 2. The lowest BCUT2D eigenvalue weighted by Gasteiger charge is -2.17. The maximum Gasteiger partial charge on any atom is 0.407 e. The minimum Gasteiger partial charge on any atom is -0.445 e. The highest BCUT2D eigenvalue weighted by Crippen LogP contribution is 2.30. The van der Waals surface area contributed by atoms with Crippen LogP contribution in [-0.4, -0.2) is 25.1 Å². The van der Waals surface area contributed by atoms with Gasteiger partial charge in [0.2, 0.25) is 5.91 Å². The molecule has 1 N–H and O–H groups in total. The van der Waals surface area contributed by atoms with Crippen molar-refractivity contribution in [1.29, 1.82) is 0 Å². The molecule has 2 amide bonds. The van der Waals surface area contributed by atoms with Crippen LogP contribution in [0.1, 0.15) is 24.0 Å². The molecular formula is C20H21BrN2O3. The van der Waals surface area contributed by atoms with Crippen LogP contribution in [0.15, 0.2) is 53.0 Å². The predicted molar refractivity (Wildman–Crippen MR) is 104 cm³/mol. The van der Waals surface area contributed by atoms with Crippen molar-refractivity contribution in [2.45, 2.75) is 25.9 Å². The fourth-order valence-electron chi connectivity index (χ4n) is 2.97. The van der Waals surface area contributed by atoms with Crippen LogP contribution in [0.25, 0.3) is 0 Å². The summed E-state index contributed by atoms with van der Waals surface area (Å²) in [7, 11) is 0. The molecule has 0 aromatic heterocycles. The second-order valence-corrected chi connectivity index (χ2v) is 7.08. The van der Waals surface area contributed by atoms with Gasteiger partial charge in [0.15, 0.2) is 0 Å². The second-order valence-electron chi connectivity index (χ2n) is 6.16. The van der Waals surface area contributed by atoms with Crippen molar-refractivity contribution < 1.29 is 14.3 Å². The van der Waals surface area contributed by atoms with Gasteiger partial charge in [-0.1, -0.05) is 46.3 Å². The molecule has 0 radical (unpaired) electrons. The van der Waals surface area contributed by atoms with Crippen LogP contribution < -0.4 is 10.2 Å². The maximum atomic E-state index is 12.4. The van der Waals surface area contributed by atoms with E-state index < -0.39 is 6.09 Å². The van der Waals surface area contributed by atoms with Crippen LogP contribution in [0, 0.1) is 0 Å². The van der Waals surface area contributed by atoms with Crippen molar-refractivity contribution in [3.8, 4) is 0 Å². The normalized spacial score (nSPS) is 12.6. The summed E-state index contributed by atoms with van der Waals surface area (Å²) in [5, 5.41) is 2.69. The molecule has 2 aromatic carbocycles. The molecule has 136 valence electrons. The standard InChI is InChI=1S/C20H21BrN2O3/c21-17-8-9-18-16(13-17)10-12-23(18)19(24)7-4-11-22-20(25)26-14-15-5-2-1-3-6-15/h1-3,5-6,8-9,13H,4,7,10-12,14H2,(H,22,25). The number of rotatable bonds is 6. The third-order valence-electron chi connectivity index (χ3n) is 4.29. The number of carbonyl (C=O) groups excluding carboxylic acids is 2. The Morgan fingerprint density at radius 3 is 2.77 bits per heavy atom. The Hall–Kier alpha value is -2.34. The Morgan fingerprint density at radius 1 is 1.15 bits per heavy atom. The molecule has 1 heterocycles. The van der Waals surface area contributed by atoms with Crippen LogP contribution in [0.5, 0.6) is 0 Å². The molecule has 1 aliphatic rings. The number of halogens is 1. The summed E-state index contributed by atoms with van der Waals surface area (Å²) in [6.45, 7) is 1.38. The van der Waals surface area contributed by atoms with E-state index in [2.05, 4.69) is 27.3 Å². The average Bonchev–Trinajstić information content (AvgIpc) is 3.07. The van der Waals surface area contributed by atoms with Crippen LogP contribution in [0.2, 0.25) is 0 Å². The summed E-state index contributed by atoms with van der Waals surface area (Å²) >= 11 is 3.46. The van der Waals surface area contributed by atoms with E-state index in [0.29, 0.717) is 19.4 Å². The van der Waals surface area contributed by atoms with E-state index in [0.717, 1.165) is 28.7 Å². The van der Waals surface area contributed by atoms with Crippen molar-refractivity contribution in [1.82, 2.24) is 5.32 Å². The molecular weight excluding hydrogens is 396 g/mol. The summed E-state index contributed by atoms with van der Waals surface area (Å²) in [5.74, 6) is 0.0884. The molecule has 0 spiro atoms. The molecule has 5 nitrogen and oxygen atoms in total. The predicted octanol–water partition coefficient (Wildman–Crippen LogP) is 4.04. The fourth-order valence-corrected chi connectivity index (χ4v) is 3.38. The van der Waals surface area contributed by atoms with Crippen LogP contribution in [-0.2, 0) is 22.6 Å². The highest BCUT2D eigenvalue weighted by molar-refractivity contribution is 9.10. The summed E-state index contributed by atoms with van der Waals surface area (Å²) in [6.07, 6.45) is 1.40. The molecule has 0 fully saturated rings. The van der Waals surface area contributed by atoms with Crippen molar-refractivity contribution in [2.24, 2.45) is 0 Å². The third kappa shape index (κ3) is 4.85. The van der Waals surface area contributed by atoms with Gasteiger partial charge in [-0.15, -0.1) is 0 Å². The number of alkyl carbamates (subject to hydrolysis) is 1. The lowest BCUT2D eigenvalue weighted by atomic mass is 10.2. The fraction of sp³-hybridized carbons (Fsp3) is 0.300. The number of anilines is 1. The van der Waals surface area contributed by atoms with Crippen LogP contribution >= 0.6 is 15.9 Å². The van der Waals surface area contributed by atoms with Crippen molar-refractivity contribution in [2.75, 3.05) is 18.0 Å². The number of hydrogen-bond acceptors (Lipinski definition) is 3. The SMILES string of the molecule is O=C(NCCCC(=O)N1CCc2cc(Br)ccc21)OCc1ccccc1. The molecule has 0 unspecified atom stereocenters. The summed E-state index contributed by atoms with van der Waals surface area (Å²) < 4.78 is 6.17. The van der Waals surface area contributed by atoms with E-state index in [1.165, 1.54) is 5.56 Å². The molecule has 3 rings (SSSR count). The maximum absolute atomic E-state index is 12.4. The third-order valence-corrected chi connectivity index (χ3v) is 4.78. The van der Waals surface area contributed by atoms with Gasteiger partial charge in [-0.2, -0.15) is 0 Å². The zero-order valence-electron chi connectivity index (χ0n) is 14.4. The molecule has 0 atom stereocenters. The first-order valence-electron chi connectivity index (χ1n) is 8.67. The first-order valence-corrected chi connectivity index (χ1v) is 9.46. The first-order chi connectivity index (χ1) is 12.6. The largest absolute Gasteiger partial charge is 0.445 e. The minimum atomic E-state index is -0.460. The zero-order valence-corrected chi connectivity index (χ0v) is 16.0. The first kappa shape index (κ1) is 18.5. The van der Waals surface area contributed by atoms with E-state index >= 15 is 0 Å². The van der Waals surface area contributed by atoms with Gasteiger partial charge in [-0.25, -0.2) is 4.79 Å². The van der Waals surface area contributed by atoms with Gasteiger partial charge >= 0.3 is 6.09 Å². The summed E-state index contributed by atoms with van der Waals surface area (Å²) in [4.78, 5) is 25.9. The Morgan fingerprint density at radius 2 is 1.96 bits per heavy atom. The van der Waals surface area contributed by atoms with Crippen molar-refractivity contribution in [3.05, 3.63) is 64.1 Å². The minimum absolute atomic E-state index is 0.0884. The van der Waals surface area contributed by atoms with Gasteiger partial charge in [-0.3, -0.25) is 4.79 Å². The average molecular weight is 417 g/mol. The molecule has 26 heavy (non-hydrogen) atoms. The number of nitrogens with one attached hydrogen (secondary N) is 1. The zero-order chi connectivity index (χ0) is 18.4. The number of benzene rings is 2. The van der Waals surface area contributed by atoms with Gasteiger partial charge in [0.1, 0.15) is 6.61 Å². The lowest BCUT2D eigenvalue weighted by Crippen LogP contribution is -2.30. The highest BCUT2D eigenvalue weighted by Gasteiger charge is 2.24. The smallest absolute Gasteiger partial charge is 0.407 e. The Kier molecular flexibility index (Phi) is 6.28. The Labute approximate surface area is 161 Å². The van der Waals surface area contributed by atoms with Crippen LogP contribution in [0.3, 0.4) is 0 Å². The number of ether oxygens (including phenoxy) is 1. The van der Waals surface area contributed by atoms with Crippen LogP contribution in [0.4, 0.5) is 10.5 Å². The number of nitrogens with zero attached hydrogens (tertiary/aromatic N) is 1. The van der Waals surface area contributed by atoms with E-state index in [4.69, 9.17) is 4.74 Å².